The molecule has 0 bridgehead atoms. The van der Waals surface area contributed by atoms with Crippen LogP contribution in [0, 0.1) is 0 Å². The third-order valence-corrected chi connectivity index (χ3v) is 2.00. The molecule has 2 nitrogen and oxygen atoms in total. The number of halogens is 1. The number of hydrogen-bond acceptors (Lipinski definition) is 2. The van der Waals surface area contributed by atoms with Gasteiger partial charge in [0.05, 0.1) is 12.4 Å². The normalized spacial score (nSPS) is 15.2. The molecule has 15 heavy (non-hydrogen) atoms. The van der Waals surface area contributed by atoms with Gasteiger partial charge in [0.25, 0.3) is 0 Å². The number of hydrogen-bond donors (Lipinski definition) is 1. The van der Waals surface area contributed by atoms with Crippen molar-refractivity contribution in [1.29, 1.82) is 0 Å². The zero-order chi connectivity index (χ0) is 11.7. The highest BCUT2D eigenvalue weighted by Crippen LogP contribution is 2.05. The van der Waals surface area contributed by atoms with Gasteiger partial charge >= 0.3 is 0 Å². The van der Waals surface area contributed by atoms with Crippen LogP contribution in [0.3, 0.4) is 0 Å². The number of nitrogens with one attached hydrogen (secondary N) is 1. The van der Waals surface area contributed by atoms with Crippen molar-refractivity contribution in [3.05, 3.63) is 36.2 Å². The first-order chi connectivity index (χ1) is 7.11. The van der Waals surface area contributed by atoms with E-state index in [0.717, 1.165) is 12.1 Å². The van der Waals surface area contributed by atoms with Gasteiger partial charge in [0.2, 0.25) is 0 Å². The molecule has 0 saturated heterocycles. The van der Waals surface area contributed by atoms with Gasteiger partial charge in [0.1, 0.15) is 0 Å². The molecule has 0 fully saturated rings. The first-order valence-corrected chi connectivity index (χ1v) is 5.00. The lowest BCUT2D eigenvalue weighted by Gasteiger charge is -2.14. The van der Waals surface area contributed by atoms with Gasteiger partial charge in [-0.15, -0.1) is 0 Å². The summed E-state index contributed by atoms with van der Waals surface area (Å²) < 4.78 is 17.4. The quantitative estimate of drug-likeness (QED) is 0.518. The number of methoxy groups -OCH3 is 1. The maximum Gasteiger partial charge on any atom is 0.0968 e. The minimum Gasteiger partial charge on any atom is -0.383 e. The van der Waals surface area contributed by atoms with Crippen molar-refractivity contribution < 1.29 is 9.13 Å². The molecular formula is C12H20FNO. The molecule has 0 heterocycles. The molecule has 1 N–H and O–H groups in total. The Morgan fingerprint density at radius 3 is 2.67 bits per heavy atom. The smallest absolute Gasteiger partial charge is 0.0968 e. The van der Waals surface area contributed by atoms with E-state index in [1.807, 2.05) is 6.92 Å². The van der Waals surface area contributed by atoms with Crippen molar-refractivity contribution in [2.45, 2.75) is 19.9 Å². The Balaban J connectivity index is 4.21. The summed E-state index contributed by atoms with van der Waals surface area (Å²) in [6.45, 7) is 8.54. The van der Waals surface area contributed by atoms with Crippen LogP contribution in [0.5, 0.6) is 0 Å². The first-order valence-electron chi connectivity index (χ1n) is 5.00. The lowest BCUT2D eigenvalue weighted by molar-refractivity contribution is 0.198. The van der Waals surface area contributed by atoms with Gasteiger partial charge in [-0.25, -0.2) is 4.39 Å². The molecule has 0 amide bonds. The van der Waals surface area contributed by atoms with E-state index in [9.17, 15) is 4.39 Å². The fourth-order valence-electron chi connectivity index (χ4n) is 1.10. The minimum atomic E-state index is -0.210. The molecule has 86 valence electrons. The van der Waals surface area contributed by atoms with Crippen molar-refractivity contribution in [2.75, 3.05) is 20.3 Å². The SMILES string of the molecule is C=C/C(=C\C=C(/C)F)C(C)NCCOC. The van der Waals surface area contributed by atoms with Gasteiger partial charge in [-0.1, -0.05) is 18.7 Å². The van der Waals surface area contributed by atoms with Crippen LogP contribution in [0.2, 0.25) is 0 Å². The third kappa shape index (κ3) is 7.05. The van der Waals surface area contributed by atoms with Gasteiger partial charge in [-0.3, -0.25) is 0 Å². The van der Waals surface area contributed by atoms with E-state index in [0.29, 0.717) is 6.61 Å². The summed E-state index contributed by atoms with van der Waals surface area (Å²) in [6, 6.07) is 0.147. The van der Waals surface area contributed by atoms with Gasteiger partial charge in [-0.2, -0.15) is 0 Å². The monoisotopic (exact) mass is 213 g/mol. The molecule has 3 heteroatoms. The highest BCUT2D eigenvalue weighted by molar-refractivity contribution is 5.27. The lowest BCUT2D eigenvalue weighted by atomic mass is 10.1. The zero-order valence-electron chi connectivity index (χ0n) is 9.72. The van der Waals surface area contributed by atoms with Crippen LogP contribution in [0.4, 0.5) is 4.39 Å². The zero-order valence-corrected chi connectivity index (χ0v) is 9.72. The number of allylic oxidation sites excluding steroid dienone is 3. The molecular weight excluding hydrogens is 193 g/mol. The summed E-state index contributed by atoms with van der Waals surface area (Å²) in [6.07, 6.45) is 4.89. The minimum absolute atomic E-state index is 0.147. The van der Waals surface area contributed by atoms with Crippen LogP contribution in [0.15, 0.2) is 36.2 Å². The molecule has 0 rings (SSSR count). The largest absolute Gasteiger partial charge is 0.383 e. The molecule has 0 aliphatic rings. The Kier molecular flexibility index (Phi) is 7.86. The van der Waals surface area contributed by atoms with Crippen molar-refractivity contribution in [3.8, 4) is 0 Å². The summed E-state index contributed by atoms with van der Waals surface area (Å²) in [5, 5.41) is 3.24. The van der Waals surface area contributed by atoms with Crippen LogP contribution >= 0.6 is 0 Å². The van der Waals surface area contributed by atoms with E-state index in [1.54, 1.807) is 19.3 Å². The Bertz CT molecular complexity index is 242. The second kappa shape index (κ2) is 8.38. The van der Waals surface area contributed by atoms with Crippen LogP contribution < -0.4 is 5.32 Å². The van der Waals surface area contributed by atoms with Crippen LogP contribution in [0.1, 0.15) is 13.8 Å². The second-order valence-electron chi connectivity index (χ2n) is 3.29. The van der Waals surface area contributed by atoms with Crippen LogP contribution in [0.25, 0.3) is 0 Å². The first kappa shape index (κ1) is 14.1. The standard InChI is InChI=1S/C12H20FNO/c1-5-12(7-6-10(2)13)11(3)14-8-9-15-4/h5-7,11,14H,1,8-9H2,2-4H3/b10-6+,12-7+. The molecule has 0 aromatic heterocycles. The highest BCUT2D eigenvalue weighted by Gasteiger charge is 2.03. The molecule has 1 unspecified atom stereocenters. The molecule has 0 saturated carbocycles. The highest BCUT2D eigenvalue weighted by atomic mass is 19.1. The predicted octanol–water partition coefficient (Wildman–Crippen LogP) is 2.60. The van der Waals surface area contributed by atoms with Gasteiger partial charge < -0.3 is 10.1 Å². The molecule has 0 spiro atoms. The third-order valence-electron chi connectivity index (χ3n) is 2.00. The van der Waals surface area contributed by atoms with Crippen molar-refractivity contribution in [2.24, 2.45) is 0 Å². The summed E-state index contributed by atoms with van der Waals surface area (Å²) in [5.74, 6) is -0.210. The summed E-state index contributed by atoms with van der Waals surface area (Å²) in [4.78, 5) is 0. The molecule has 0 aromatic carbocycles. The van der Waals surface area contributed by atoms with Crippen molar-refractivity contribution in [1.82, 2.24) is 5.32 Å². The maximum atomic E-state index is 12.5. The van der Waals surface area contributed by atoms with Crippen molar-refractivity contribution >= 4 is 0 Å². The molecule has 0 aromatic rings. The van der Waals surface area contributed by atoms with Gasteiger partial charge in [0, 0.05) is 19.7 Å². The molecule has 0 aliphatic carbocycles. The number of ether oxygens (including phenoxy) is 1. The van der Waals surface area contributed by atoms with Crippen LogP contribution in [-0.2, 0) is 4.74 Å². The topological polar surface area (TPSA) is 21.3 Å². The fourth-order valence-corrected chi connectivity index (χ4v) is 1.10. The van der Waals surface area contributed by atoms with E-state index in [1.165, 1.54) is 13.0 Å². The van der Waals surface area contributed by atoms with E-state index < -0.39 is 0 Å². The van der Waals surface area contributed by atoms with E-state index in [2.05, 4.69) is 11.9 Å². The predicted molar refractivity (Wildman–Crippen MR) is 62.5 cm³/mol. The molecule has 0 radical (unpaired) electrons. The van der Waals surface area contributed by atoms with Gasteiger partial charge in [-0.05, 0) is 25.5 Å². The Labute approximate surface area is 91.5 Å². The number of rotatable bonds is 7. The van der Waals surface area contributed by atoms with E-state index >= 15 is 0 Å². The second-order valence-corrected chi connectivity index (χ2v) is 3.29. The summed E-state index contributed by atoms with van der Waals surface area (Å²) in [5.41, 5.74) is 0.961. The fraction of sp³-hybridized carbons (Fsp3) is 0.500. The Morgan fingerprint density at radius 1 is 1.53 bits per heavy atom. The average molecular weight is 213 g/mol. The Morgan fingerprint density at radius 2 is 2.20 bits per heavy atom. The van der Waals surface area contributed by atoms with Crippen molar-refractivity contribution in [3.63, 3.8) is 0 Å². The Hall–Kier alpha value is -0.930. The van der Waals surface area contributed by atoms with E-state index in [-0.39, 0.29) is 11.9 Å². The average Bonchev–Trinajstić information content (AvgIpc) is 2.18. The maximum absolute atomic E-state index is 12.5. The van der Waals surface area contributed by atoms with Gasteiger partial charge in [0.15, 0.2) is 0 Å². The molecule has 0 aliphatic heterocycles. The molecule has 1 atom stereocenters. The lowest BCUT2D eigenvalue weighted by Crippen LogP contribution is -2.30. The van der Waals surface area contributed by atoms with Crippen LogP contribution in [-0.4, -0.2) is 26.3 Å². The van der Waals surface area contributed by atoms with E-state index in [4.69, 9.17) is 4.74 Å². The summed E-state index contributed by atoms with van der Waals surface area (Å²) >= 11 is 0. The summed E-state index contributed by atoms with van der Waals surface area (Å²) in [7, 11) is 1.66.